The third kappa shape index (κ3) is 2.58. The van der Waals surface area contributed by atoms with Crippen LogP contribution in [0.1, 0.15) is 22.1 Å². The molecule has 0 bridgehead atoms. The fraction of sp³-hybridized carbons (Fsp3) is 0.188. The lowest BCUT2D eigenvalue weighted by Gasteiger charge is -2.15. The first-order valence-corrected chi connectivity index (χ1v) is 7.02. The molecule has 124 valence electrons. The topological polar surface area (TPSA) is 99.9 Å². The lowest BCUT2D eigenvalue weighted by molar-refractivity contribution is -0.384. The molecule has 0 fully saturated rings. The van der Waals surface area contributed by atoms with Crippen LogP contribution >= 0.6 is 0 Å². The van der Waals surface area contributed by atoms with Crippen molar-refractivity contribution in [1.82, 2.24) is 0 Å². The normalized spacial score (nSPS) is 15.4. The highest BCUT2D eigenvalue weighted by atomic mass is 16.6. The summed E-state index contributed by atoms with van der Waals surface area (Å²) < 4.78 is 15.8. The summed E-state index contributed by atoms with van der Waals surface area (Å²) in [4.78, 5) is 22.4. The van der Waals surface area contributed by atoms with Crippen molar-refractivity contribution >= 4 is 17.3 Å². The van der Waals surface area contributed by atoms with Gasteiger partial charge >= 0.3 is 5.97 Å². The quantitative estimate of drug-likeness (QED) is 0.511. The predicted molar refractivity (Wildman–Crippen MR) is 84.4 cm³/mol. The van der Waals surface area contributed by atoms with E-state index in [1.54, 1.807) is 24.3 Å². The number of nitrogens with one attached hydrogen (secondary N) is 1. The van der Waals surface area contributed by atoms with Crippen molar-refractivity contribution in [2.45, 2.75) is 6.23 Å². The van der Waals surface area contributed by atoms with E-state index in [0.29, 0.717) is 28.3 Å². The molecular weight excluding hydrogens is 316 g/mol. The van der Waals surface area contributed by atoms with Crippen molar-refractivity contribution in [2.24, 2.45) is 0 Å². The number of nitro groups is 1. The Bertz CT molecular complexity index is 803. The number of non-ortho nitro benzene ring substituents is 1. The van der Waals surface area contributed by atoms with E-state index in [4.69, 9.17) is 14.2 Å². The zero-order chi connectivity index (χ0) is 17.3. The summed E-state index contributed by atoms with van der Waals surface area (Å²) in [6.45, 7) is 0. The molecule has 1 aliphatic rings. The monoisotopic (exact) mass is 330 g/mol. The molecule has 3 rings (SSSR count). The Hall–Kier alpha value is -3.29. The number of cyclic esters (lactones) is 1. The van der Waals surface area contributed by atoms with Crippen molar-refractivity contribution < 1.29 is 23.9 Å². The van der Waals surface area contributed by atoms with Gasteiger partial charge in [0.15, 0.2) is 11.5 Å². The molecule has 0 amide bonds. The van der Waals surface area contributed by atoms with E-state index in [0.717, 1.165) is 0 Å². The average molecular weight is 330 g/mol. The molecule has 1 heterocycles. The van der Waals surface area contributed by atoms with Gasteiger partial charge in [-0.2, -0.15) is 0 Å². The van der Waals surface area contributed by atoms with Crippen molar-refractivity contribution in [1.29, 1.82) is 0 Å². The predicted octanol–water partition coefficient (Wildman–Crippen LogP) is 2.89. The van der Waals surface area contributed by atoms with Gasteiger partial charge in [0.2, 0.25) is 6.23 Å². The third-order valence-corrected chi connectivity index (χ3v) is 3.67. The number of nitro benzene ring substituents is 1. The molecule has 1 atom stereocenters. The number of fused-ring (bicyclic) bond motifs is 1. The maximum absolute atomic E-state index is 12.2. The van der Waals surface area contributed by atoms with Gasteiger partial charge in [-0.25, -0.2) is 4.79 Å². The number of hydrogen-bond donors (Lipinski definition) is 1. The van der Waals surface area contributed by atoms with Crippen LogP contribution in [0.3, 0.4) is 0 Å². The van der Waals surface area contributed by atoms with Crippen LogP contribution in [0, 0.1) is 10.1 Å². The zero-order valence-corrected chi connectivity index (χ0v) is 12.9. The Balaban J connectivity index is 1.91. The minimum absolute atomic E-state index is 0.0178. The van der Waals surface area contributed by atoms with Gasteiger partial charge in [-0.05, 0) is 24.3 Å². The highest BCUT2D eigenvalue weighted by Gasteiger charge is 2.35. The first kappa shape index (κ1) is 15.6. The van der Waals surface area contributed by atoms with E-state index in [1.165, 1.54) is 26.4 Å². The summed E-state index contributed by atoms with van der Waals surface area (Å²) >= 11 is 0. The number of nitrogens with zero attached hydrogens (tertiary/aromatic N) is 1. The third-order valence-electron chi connectivity index (χ3n) is 3.67. The second-order valence-electron chi connectivity index (χ2n) is 5.00. The molecular formula is C16H14N2O6. The standard InChI is InChI=1S/C16H14N2O6/c1-22-12-8-7-11-13(14(12)23-2)16(19)24-15(11)17-9-3-5-10(6-4-9)18(20)21/h3-8,15,17H,1-2H3/t15-/m1/s1. The Kier molecular flexibility index (Phi) is 3.95. The molecule has 2 aromatic carbocycles. The van der Waals surface area contributed by atoms with Crippen LogP contribution in [0.5, 0.6) is 11.5 Å². The molecule has 24 heavy (non-hydrogen) atoms. The highest BCUT2D eigenvalue weighted by Crippen LogP contribution is 2.42. The Labute approximate surface area is 137 Å². The largest absolute Gasteiger partial charge is 0.493 e. The van der Waals surface area contributed by atoms with Crippen LogP contribution in [0.25, 0.3) is 0 Å². The number of anilines is 1. The number of carbonyl (C=O) groups is 1. The number of hydrogen-bond acceptors (Lipinski definition) is 7. The zero-order valence-electron chi connectivity index (χ0n) is 12.9. The van der Waals surface area contributed by atoms with Gasteiger partial charge in [0, 0.05) is 23.4 Å². The Morgan fingerprint density at radius 1 is 1.12 bits per heavy atom. The molecule has 2 aromatic rings. The maximum atomic E-state index is 12.2. The number of rotatable bonds is 5. The first-order valence-electron chi connectivity index (χ1n) is 7.02. The molecule has 0 aromatic heterocycles. The summed E-state index contributed by atoms with van der Waals surface area (Å²) in [7, 11) is 2.93. The smallest absolute Gasteiger partial charge is 0.344 e. The van der Waals surface area contributed by atoms with Crippen LogP contribution < -0.4 is 14.8 Å². The minimum atomic E-state index is -0.714. The molecule has 0 saturated carbocycles. The lowest BCUT2D eigenvalue weighted by atomic mass is 10.1. The van der Waals surface area contributed by atoms with E-state index in [1.807, 2.05) is 0 Å². The summed E-state index contributed by atoms with van der Waals surface area (Å²) in [6.07, 6.45) is -0.714. The van der Waals surface area contributed by atoms with E-state index in [9.17, 15) is 14.9 Å². The first-order chi connectivity index (χ1) is 11.5. The van der Waals surface area contributed by atoms with Crippen LogP contribution in [0.2, 0.25) is 0 Å². The fourth-order valence-corrected chi connectivity index (χ4v) is 2.54. The van der Waals surface area contributed by atoms with Crippen LogP contribution in [0.4, 0.5) is 11.4 Å². The fourth-order valence-electron chi connectivity index (χ4n) is 2.54. The summed E-state index contributed by atoms with van der Waals surface area (Å²) in [6, 6.07) is 9.23. The van der Waals surface area contributed by atoms with Crippen LogP contribution in [0.15, 0.2) is 36.4 Å². The van der Waals surface area contributed by atoms with E-state index >= 15 is 0 Å². The highest BCUT2D eigenvalue weighted by molar-refractivity contribution is 5.98. The van der Waals surface area contributed by atoms with Gasteiger partial charge in [-0.15, -0.1) is 0 Å². The van der Waals surface area contributed by atoms with Crippen LogP contribution in [-0.2, 0) is 4.74 Å². The van der Waals surface area contributed by atoms with Crippen molar-refractivity contribution in [3.8, 4) is 11.5 Å². The van der Waals surface area contributed by atoms with Gasteiger partial charge in [0.25, 0.3) is 5.69 Å². The Morgan fingerprint density at radius 3 is 2.42 bits per heavy atom. The van der Waals surface area contributed by atoms with Gasteiger partial charge < -0.3 is 19.5 Å². The number of benzene rings is 2. The minimum Gasteiger partial charge on any atom is -0.493 e. The van der Waals surface area contributed by atoms with Gasteiger partial charge in [0.1, 0.15) is 5.56 Å². The van der Waals surface area contributed by atoms with E-state index in [2.05, 4.69) is 5.32 Å². The molecule has 1 aliphatic heterocycles. The SMILES string of the molecule is COc1ccc2c(c1OC)C(=O)O[C@H]2Nc1ccc([N+](=O)[O-])cc1. The average Bonchev–Trinajstić information content (AvgIpc) is 2.90. The second-order valence-corrected chi connectivity index (χ2v) is 5.00. The van der Waals surface area contributed by atoms with E-state index < -0.39 is 17.1 Å². The summed E-state index contributed by atoms with van der Waals surface area (Å²) in [5, 5.41) is 13.7. The van der Waals surface area contributed by atoms with Crippen molar-refractivity contribution in [2.75, 3.05) is 19.5 Å². The molecule has 0 aliphatic carbocycles. The molecule has 0 unspecified atom stereocenters. The van der Waals surface area contributed by atoms with Crippen molar-refractivity contribution in [3.63, 3.8) is 0 Å². The van der Waals surface area contributed by atoms with Crippen molar-refractivity contribution in [3.05, 3.63) is 57.6 Å². The van der Waals surface area contributed by atoms with Gasteiger partial charge in [0.05, 0.1) is 19.1 Å². The number of ether oxygens (including phenoxy) is 3. The lowest BCUT2D eigenvalue weighted by Crippen LogP contribution is -2.10. The number of carbonyl (C=O) groups excluding carboxylic acids is 1. The maximum Gasteiger partial charge on any atom is 0.344 e. The van der Waals surface area contributed by atoms with E-state index in [-0.39, 0.29) is 5.69 Å². The number of esters is 1. The summed E-state index contributed by atoms with van der Waals surface area (Å²) in [5.74, 6) is 0.220. The van der Waals surface area contributed by atoms with Crippen LogP contribution in [-0.4, -0.2) is 25.1 Å². The Morgan fingerprint density at radius 2 is 1.83 bits per heavy atom. The van der Waals surface area contributed by atoms with Gasteiger partial charge in [-0.1, -0.05) is 0 Å². The number of methoxy groups -OCH3 is 2. The molecule has 8 nitrogen and oxygen atoms in total. The molecule has 1 N–H and O–H groups in total. The molecule has 8 heteroatoms. The summed E-state index contributed by atoms with van der Waals surface area (Å²) in [5.41, 5.74) is 1.48. The molecule has 0 radical (unpaired) electrons. The van der Waals surface area contributed by atoms with Gasteiger partial charge in [-0.3, -0.25) is 10.1 Å². The second kappa shape index (κ2) is 6.07. The molecule has 0 saturated heterocycles. The molecule has 0 spiro atoms.